The fourth-order valence-corrected chi connectivity index (χ4v) is 1.62. The van der Waals surface area contributed by atoms with E-state index >= 15 is 0 Å². The Hall–Kier alpha value is -0.0500. The fourth-order valence-electron chi connectivity index (χ4n) is 1.19. The van der Waals surface area contributed by atoms with Gasteiger partial charge in [0.2, 0.25) is 5.91 Å². The number of halogens is 1. The van der Waals surface area contributed by atoms with Gasteiger partial charge in [-0.05, 0) is 12.8 Å². The Kier molecular flexibility index (Phi) is 7.33. The van der Waals surface area contributed by atoms with Gasteiger partial charge in [0.1, 0.15) is 0 Å². The summed E-state index contributed by atoms with van der Waals surface area (Å²) in [6.45, 7) is 7.87. The third-order valence-corrected chi connectivity index (χ3v) is 2.55. The summed E-state index contributed by atoms with van der Waals surface area (Å²) in [6, 6.07) is 0. The van der Waals surface area contributed by atoms with Crippen molar-refractivity contribution in [2.45, 2.75) is 33.6 Å². The molecule has 0 aromatic rings. The number of amides is 1. The molecule has 0 bridgehead atoms. The predicted molar refractivity (Wildman–Crippen MR) is 60.1 cm³/mol. The molecule has 0 aliphatic carbocycles. The third kappa shape index (κ3) is 4.65. The van der Waals surface area contributed by atoms with E-state index in [1.165, 1.54) is 0 Å². The van der Waals surface area contributed by atoms with Crippen molar-refractivity contribution in [1.82, 2.24) is 4.90 Å². The van der Waals surface area contributed by atoms with Crippen LogP contribution in [0, 0.1) is 5.92 Å². The van der Waals surface area contributed by atoms with Gasteiger partial charge in [-0.15, -0.1) is 0 Å². The quantitative estimate of drug-likeness (QED) is 0.664. The number of carbonyl (C=O) groups excluding carboxylic acids is 1. The molecule has 0 rings (SSSR count). The number of rotatable bonds is 6. The fraction of sp³-hybridized carbons (Fsp3) is 0.900. The van der Waals surface area contributed by atoms with Crippen LogP contribution in [0.25, 0.3) is 0 Å². The monoisotopic (exact) mass is 249 g/mol. The van der Waals surface area contributed by atoms with Gasteiger partial charge in [-0.25, -0.2) is 0 Å². The number of carbonyl (C=O) groups is 1. The standard InChI is InChI=1S/C10H20BrNO/c1-4-7-12(8-6-11)10(13)9(3)5-2/h9H,4-8H2,1-3H3. The lowest BCUT2D eigenvalue weighted by Crippen LogP contribution is -2.36. The maximum atomic E-state index is 11.8. The molecule has 1 amide bonds. The summed E-state index contributed by atoms with van der Waals surface area (Å²) in [5, 5.41) is 0.870. The van der Waals surface area contributed by atoms with E-state index in [0.29, 0.717) is 5.91 Å². The maximum Gasteiger partial charge on any atom is 0.225 e. The van der Waals surface area contributed by atoms with Gasteiger partial charge >= 0.3 is 0 Å². The molecule has 78 valence electrons. The van der Waals surface area contributed by atoms with Crippen LogP contribution in [0.4, 0.5) is 0 Å². The molecule has 0 saturated carbocycles. The molecule has 0 radical (unpaired) electrons. The van der Waals surface area contributed by atoms with Crippen molar-refractivity contribution in [1.29, 1.82) is 0 Å². The second kappa shape index (κ2) is 7.36. The van der Waals surface area contributed by atoms with Crippen LogP contribution in [0.5, 0.6) is 0 Å². The zero-order chi connectivity index (χ0) is 10.3. The SMILES string of the molecule is CCCN(CCBr)C(=O)C(C)CC. The van der Waals surface area contributed by atoms with E-state index in [2.05, 4.69) is 29.8 Å². The average Bonchev–Trinajstić information content (AvgIpc) is 2.15. The first-order valence-corrected chi connectivity index (χ1v) is 6.14. The van der Waals surface area contributed by atoms with Crippen LogP contribution in [-0.2, 0) is 4.79 Å². The third-order valence-electron chi connectivity index (χ3n) is 2.19. The van der Waals surface area contributed by atoms with E-state index < -0.39 is 0 Å². The van der Waals surface area contributed by atoms with E-state index in [1.807, 2.05) is 11.8 Å². The highest BCUT2D eigenvalue weighted by molar-refractivity contribution is 9.09. The Morgan fingerprint density at radius 1 is 1.38 bits per heavy atom. The minimum Gasteiger partial charge on any atom is -0.342 e. The van der Waals surface area contributed by atoms with Crippen molar-refractivity contribution in [2.75, 3.05) is 18.4 Å². The van der Waals surface area contributed by atoms with E-state index in [1.54, 1.807) is 0 Å². The minimum absolute atomic E-state index is 0.172. The normalized spacial score (nSPS) is 12.6. The number of nitrogens with zero attached hydrogens (tertiary/aromatic N) is 1. The molecular weight excluding hydrogens is 230 g/mol. The summed E-state index contributed by atoms with van der Waals surface area (Å²) >= 11 is 3.37. The summed E-state index contributed by atoms with van der Waals surface area (Å²) in [4.78, 5) is 13.7. The molecule has 0 aliphatic heterocycles. The molecule has 2 nitrogen and oxygen atoms in total. The van der Waals surface area contributed by atoms with E-state index in [9.17, 15) is 4.79 Å². The number of alkyl halides is 1. The van der Waals surface area contributed by atoms with E-state index in [4.69, 9.17) is 0 Å². The lowest BCUT2D eigenvalue weighted by molar-refractivity contribution is -0.134. The first-order valence-electron chi connectivity index (χ1n) is 5.02. The van der Waals surface area contributed by atoms with Gasteiger partial charge in [0.15, 0.2) is 0 Å². The van der Waals surface area contributed by atoms with Crippen LogP contribution < -0.4 is 0 Å². The first-order chi connectivity index (χ1) is 6.17. The summed E-state index contributed by atoms with van der Waals surface area (Å²) < 4.78 is 0. The maximum absolute atomic E-state index is 11.8. The highest BCUT2D eigenvalue weighted by Gasteiger charge is 2.17. The highest BCUT2D eigenvalue weighted by atomic mass is 79.9. The molecule has 3 heteroatoms. The molecule has 0 aliphatic rings. The van der Waals surface area contributed by atoms with E-state index in [0.717, 1.165) is 31.3 Å². The van der Waals surface area contributed by atoms with Gasteiger partial charge in [-0.3, -0.25) is 4.79 Å². The Bertz CT molecular complexity index is 144. The van der Waals surface area contributed by atoms with Crippen molar-refractivity contribution in [3.05, 3.63) is 0 Å². The number of hydrogen-bond acceptors (Lipinski definition) is 1. The van der Waals surface area contributed by atoms with Gasteiger partial charge < -0.3 is 4.90 Å². The second-order valence-corrected chi connectivity index (χ2v) is 4.12. The molecule has 1 unspecified atom stereocenters. The molecule has 0 heterocycles. The van der Waals surface area contributed by atoms with Crippen molar-refractivity contribution in [3.8, 4) is 0 Å². The zero-order valence-corrected chi connectivity index (χ0v) is 10.4. The molecule has 13 heavy (non-hydrogen) atoms. The van der Waals surface area contributed by atoms with Crippen LogP contribution in [0.1, 0.15) is 33.6 Å². The molecule has 0 fully saturated rings. The van der Waals surface area contributed by atoms with Crippen LogP contribution in [0.15, 0.2) is 0 Å². The molecule has 1 atom stereocenters. The van der Waals surface area contributed by atoms with Crippen LogP contribution in [0.3, 0.4) is 0 Å². The summed E-state index contributed by atoms with van der Waals surface area (Å²) in [6.07, 6.45) is 1.97. The Balaban J connectivity index is 4.09. The van der Waals surface area contributed by atoms with Gasteiger partial charge in [0, 0.05) is 24.3 Å². The Morgan fingerprint density at radius 3 is 2.38 bits per heavy atom. The van der Waals surface area contributed by atoms with Gasteiger partial charge in [0.05, 0.1) is 0 Å². The second-order valence-electron chi connectivity index (χ2n) is 3.32. The lowest BCUT2D eigenvalue weighted by atomic mass is 10.1. The molecule has 0 aromatic carbocycles. The molecular formula is C10H20BrNO. The molecule has 0 aromatic heterocycles. The van der Waals surface area contributed by atoms with Gasteiger partial charge in [0.25, 0.3) is 0 Å². The smallest absolute Gasteiger partial charge is 0.225 e. The topological polar surface area (TPSA) is 20.3 Å². The Morgan fingerprint density at radius 2 is 2.00 bits per heavy atom. The summed E-state index contributed by atoms with van der Waals surface area (Å²) in [5.74, 6) is 0.467. The van der Waals surface area contributed by atoms with Crippen molar-refractivity contribution in [2.24, 2.45) is 5.92 Å². The van der Waals surface area contributed by atoms with E-state index in [-0.39, 0.29) is 5.92 Å². The summed E-state index contributed by atoms with van der Waals surface area (Å²) in [7, 11) is 0. The van der Waals surface area contributed by atoms with Crippen LogP contribution >= 0.6 is 15.9 Å². The van der Waals surface area contributed by atoms with Crippen molar-refractivity contribution < 1.29 is 4.79 Å². The number of hydrogen-bond donors (Lipinski definition) is 0. The lowest BCUT2D eigenvalue weighted by Gasteiger charge is -2.24. The van der Waals surface area contributed by atoms with Gasteiger partial charge in [-0.1, -0.05) is 36.7 Å². The van der Waals surface area contributed by atoms with Crippen LogP contribution in [-0.4, -0.2) is 29.2 Å². The van der Waals surface area contributed by atoms with Gasteiger partial charge in [-0.2, -0.15) is 0 Å². The molecule has 0 spiro atoms. The Labute approximate surface area is 89.8 Å². The van der Waals surface area contributed by atoms with Crippen LogP contribution in [0.2, 0.25) is 0 Å². The predicted octanol–water partition coefficient (Wildman–Crippen LogP) is 2.67. The summed E-state index contributed by atoms with van der Waals surface area (Å²) in [5.41, 5.74) is 0. The van der Waals surface area contributed by atoms with Crippen molar-refractivity contribution >= 4 is 21.8 Å². The van der Waals surface area contributed by atoms with Crippen molar-refractivity contribution in [3.63, 3.8) is 0 Å². The molecule has 0 saturated heterocycles. The molecule has 0 N–H and O–H groups in total. The average molecular weight is 250 g/mol. The zero-order valence-electron chi connectivity index (χ0n) is 8.85. The first kappa shape index (κ1) is 12.9. The largest absolute Gasteiger partial charge is 0.342 e. The minimum atomic E-state index is 0.172. The highest BCUT2D eigenvalue weighted by Crippen LogP contribution is 2.07.